The van der Waals surface area contributed by atoms with Gasteiger partial charge in [0.25, 0.3) is 0 Å². The fourth-order valence-electron chi connectivity index (χ4n) is 0. The molecule has 0 aromatic rings. The predicted octanol–water partition coefficient (Wildman–Crippen LogP) is 3.04. The summed E-state index contributed by atoms with van der Waals surface area (Å²) in [6.07, 6.45) is 1.22. The van der Waals surface area contributed by atoms with Crippen LogP contribution in [-0.2, 0) is 32.7 Å². The van der Waals surface area contributed by atoms with Crippen LogP contribution in [0.15, 0.2) is 0 Å². The maximum Gasteiger partial charge on any atom is 0 e. The van der Waals surface area contributed by atoms with Gasteiger partial charge in [-0.2, -0.15) is 20.3 Å². The minimum atomic E-state index is 0. The molecule has 0 fully saturated rings. The molecule has 0 N–H and O–H groups in total. The molecule has 0 rings (SSSR count). The Morgan fingerprint density at radius 3 is 1.40 bits per heavy atom. The first-order chi connectivity index (χ1) is 4.00. The van der Waals surface area contributed by atoms with Crippen LogP contribution in [0.5, 0.6) is 0 Å². The molecule has 0 amide bonds. The molecule has 2 heteroatoms. The monoisotopic (exact) mass is 216 g/mol. The molecule has 0 aliphatic heterocycles. The van der Waals surface area contributed by atoms with Crippen molar-refractivity contribution in [1.82, 2.24) is 0 Å². The number of rotatable bonds is 1. The molecule has 1 nitrogen and oxygen atoms in total. The van der Waals surface area contributed by atoms with E-state index in [1.54, 1.807) is 13.8 Å². The zero-order valence-electron chi connectivity index (χ0n) is 7.73. The normalized spacial score (nSPS) is 7.40. The SMILES string of the molecule is CC(C)=[N-].CC[C-](C)C.[Y]. The van der Waals surface area contributed by atoms with Crippen LogP contribution in [0.4, 0.5) is 0 Å². The fourth-order valence-corrected chi connectivity index (χ4v) is 0. The summed E-state index contributed by atoms with van der Waals surface area (Å²) in [4.78, 5) is 0. The molecule has 0 aromatic carbocycles. The molecule has 59 valence electrons. The largest absolute Gasteiger partial charge is 0.812 e. The minimum absolute atomic E-state index is 0. The van der Waals surface area contributed by atoms with E-state index in [0.29, 0.717) is 5.71 Å². The van der Waals surface area contributed by atoms with Gasteiger partial charge in [0, 0.05) is 32.7 Å². The van der Waals surface area contributed by atoms with Gasteiger partial charge in [0.15, 0.2) is 0 Å². The number of hydrogen-bond acceptors (Lipinski definition) is 0. The molecule has 0 saturated carbocycles. The van der Waals surface area contributed by atoms with Crippen molar-refractivity contribution < 1.29 is 32.7 Å². The average molecular weight is 216 g/mol. The van der Waals surface area contributed by atoms with Gasteiger partial charge in [-0.1, -0.05) is 20.8 Å². The summed E-state index contributed by atoms with van der Waals surface area (Å²) in [7, 11) is 0. The second kappa shape index (κ2) is 12.5. The van der Waals surface area contributed by atoms with Gasteiger partial charge in [-0.15, -0.1) is 0 Å². The van der Waals surface area contributed by atoms with Crippen molar-refractivity contribution in [2.45, 2.75) is 41.0 Å². The average Bonchev–Trinajstić information content (AvgIpc) is 1.65. The van der Waals surface area contributed by atoms with E-state index in [0.717, 1.165) is 0 Å². The third-order valence-corrected chi connectivity index (χ3v) is 0.707. The van der Waals surface area contributed by atoms with E-state index in [-0.39, 0.29) is 32.7 Å². The van der Waals surface area contributed by atoms with Crippen LogP contribution < -0.4 is 0 Å². The van der Waals surface area contributed by atoms with E-state index < -0.39 is 0 Å². The Labute approximate surface area is 90.4 Å². The van der Waals surface area contributed by atoms with Crippen LogP contribution in [0.1, 0.15) is 41.0 Å². The van der Waals surface area contributed by atoms with Crippen molar-refractivity contribution in [2.24, 2.45) is 0 Å². The van der Waals surface area contributed by atoms with E-state index in [4.69, 9.17) is 5.41 Å². The molecule has 0 bridgehead atoms. The van der Waals surface area contributed by atoms with Gasteiger partial charge in [-0.3, -0.25) is 0 Å². The molecule has 1 radical (unpaired) electrons. The Balaban J connectivity index is -0.0000000910. The van der Waals surface area contributed by atoms with Gasteiger partial charge in [-0.05, 0) is 0 Å². The molecule has 0 saturated heterocycles. The molecule has 0 spiro atoms. The summed E-state index contributed by atoms with van der Waals surface area (Å²) in [5.41, 5.74) is 0.417. The molecule has 0 unspecified atom stereocenters. The molecular weight excluding hydrogens is 199 g/mol. The van der Waals surface area contributed by atoms with Crippen LogP contribution in [-0.4, -0.2) is 5.71 Å². The van der Waals surface area contributed by atoms with E-state index in [2.05, 4.69) is 20.8 Å². The smallest absolute Gasteiger partial charge is 0 e. The minimum Gasteiger partial charge on any atom is -0.812 e. The first-order valence-electron chi connectivity index (χ1n) is 3.28. The quantitative estimate of drug-likeness (QED) is 0.475. The molecule has 0 aliphatic carbocycles. The molecular formula is C8H17NY-2. The molecule has 0 heterocycles. The van der Waals surface area contributed by atoms with Crippen LogP contribution in [0.2, 0.25) is 0 Å². The Morgan fingerprint density at radius 2 is 1.40 bits per heavy atom. The predicted molar refractivity (Wildman–Crippen MR) is 44.6 cm³/mol. The summed E-state index contributed by atoms with van der Waals surface area (Å²) in [6.45, 7) is 9.72. The Morgan fingerprint density at radius 1 is 1.30 bits per heavy atom. The van der Waals surface area contributed by atoms with Crippen molar-refractivity contribution in [1.29, 1.82) is 0 Å². The Kier molecular flexibility index (Phi) is 21.2. The first kappa shape index (κ1) is 17.0. The summed E-state index contributed by atoms with van der Waals surface area (Å²) in [5, 5.41) is 7.97. The third kappa shape index (κ3) is 68.9. The van der Waals surface area contributed by atoms with Crippen molar-refractivity contribution in [3.63, 3.8) is 0 Å². The Bertz CT molecular complexity index is 65.7. The van der Waals surface area contributed by atoms with Crippen molar-refractivity contribution in [2.75, 3.05) is 0 Å². The van der Waals surface area contributed by atoms with Crippen LogP contribution in [0.3, 0.4) is 0 Å². The van der Waals surface area contributed by atoms with E-state index in [1.807, 2.05) is 0 Å². The summed E-state index contributed by atoms with van der Waals surface area (Å²) < 4.78 is 0. The number of nitrogens with zero attached hydrogens (tertiary/aromatic N) is 1. The maximum absolute atomic E-state index is 7.97. The standard InChI is InChI=1S/C5H11.C3H6N.Y/c1-4-5(2)3;1-3(2)4;/h4H2,1-3H3;1-2H3;/q2*-1;. The van der Waals surface area contributed by atoms with E-state index in [9.17, 15) is 0 Å². The van der Waals surface area contributed by atoms with E-state index >= 15 is 0 Å². The van der Waals surface area contributed by atoms with Gasteiger partial charge in [0.1, 0.15) is 0 Å². The van der Waals surface area contributed by atoms with Crippen LogP contribution in [0, 0.1) is 5.92 Å². The van der Waals surface area contributed by atoms with Gasteiger partial charge in [-0.25, -0.2) is 5.71 Å². The molecule has 10 heavy (non-hydrogen) atoms. The van der Waals surface area contributed by atoms with Crippen molar-refractivity contribution in [3.05, 3.63) is 11.3 Å². The second-order valence-corrected chi connectivity index (χ2v) is 2.51. The first-order valence-corrected chi connectivity index (χ1v) is 3.28. The van der Waals surface area contributed by atoms with Crippen LogP contribution >= 0.6 is 0 Å². The second-order valence-electron chi connectivity index (χ2n) is 2.51. The van der Waals surface area contributed by atoms with Crippen molar-refractivity contribution >= 4 is 5.71 Å². The Hall–Kier alpha value is 0.774. The fraction of sp³-hybridized carbons (Fsp3) is 0.750. The van der Waals surface area contributed by atoms with Crippen molar-refractivity contribution in [3.8, 4) is 0 Å². The van der Waals surface area contributed by atoms with Gasteiger partial charge >= 0.3 is 0 Å². The zero-order valence-corrected chi connectivity index (χ0v) is 10.6. The third-order valence-electron chi connectivity index (χ3n) is 0.707. The maximum atomic E-state index is 7.97. The number of hydrogen-bond donors (Lipinski definition) is 0. The van der Waals surface area contributed by atoms with E-state index in [1.165, 1.54) is 12.3 Å². The summed E-state index contributed by atoms with van der Waals surface area (Å²) in [5.74, 6) is 1.50. The molecule has 0 aliphatic rings. The van der Waals surface area contributed by atoms with Crippen LogP contribution in [0.25, 0.3) is 5.41 Å². The zero-order chi connectivity index (χ0) is 7.86. The van der Waals surface area contributed by atoms with Gasteiger partial charge in [0.2, 0.25) is 0 Å². The topological polar surface area (TPSA) is 22.3 Å². The molecule has 0 aromatic heterocycles. The van der Waals surface area contributed by atoms with Gasteiger partial charge < -0.3 is 11.3 Å². The summed E-state index contributed by atoms with van der Waals surface area (Å²) in [6, 6.07) is 0. The van der Waals surface area contributed by atoms with Gasteiger partial charge in [0.05, 0.1) is 0 Å². The molecule has 0 atom stereocenters. The summed E-state index contributed by atoms with van der Waals surface area (Å²) >= 11 is 0.